The molecule has 3 rings (SSSR count). The van der Waals surface area contributed by atoms with Crippen LogP contribution in [0.1, 0.15) is 27.2 Å². The van der Waals surface area contributed by atoms with Gasteiger partial charge in [0.1, 0.15) is 5.82 Å². The van der Waals surface area contributed by atoms with Crippen LogP contribution in [0, 0.1) is 26.6 Å². The number of pyridine rings is 1. The first-order valence-electron chi connectivity index (χ1n) is 8.84. The Morgan fingerprint density at radius 3 is 2.39 bits per heavy atom. The molecule has 2 aromatic carbocycles. The number of carbonyl (C=O) groups excluding carboxylic acids is 1. The van der Waals surface area contributed by atoms with Gasteiger partial charge in [-0.3, -0.25) is 4.79 Å². The molecule has 5 nitrogen and oxygen atoms in total. The van der Waals surface area contributed by atoms with Crippen molar-refractivity contribution in [3.8, 4) is 5.88 Å². The lowest BCUT2D eigenvalue weighted by molar-refractivity contribution is 0.102. The minimum absolute atomic E-state index is 0.266. The number of carbonyl (C=O) groups is 1. The Kier molecular flexibility index (Phi) is 5.59. The standard InChI is InChI=1S/C22H22FN3O2/c1-13-5-7-17(20(11-13)25-18-8-6-16(23)12-14(18)2)22(27)26-19-9-10-21(28-4)24-15(19)3/h5-12,25H,1-4H3,(H,26,27). The van der Waals surface area contributed by atoms with E-state index in [1.165, 1.54) is 12.1 Å². The lowest BCUT2D eigenvalue weighted by Gasteiger charge is -2.15. The van der Waals surface area contributed by atoms with Gasteiger partial charge >= 0.3 is 0 Å². The summed E-state index contributed by atoms with van der Waals surface area (Å²) in [5.41, 5.74) is 4.88. The monoisotopic (exact) mass is 379 g/mol. The summed E-state index contributed by atoms with van der Waals surface area (Å²) >= 11 is 0. The van der Waals surface area contributed by atoms with Gasteiger partial charge in [-0.05, 0) is 68.3 Å². The molecular weight excluding hydrogens is 357 g/mol. The number of aryl methyl sites for hydroxylation is 3. The number of halogens is 1. The Balaban J connectivity index is 1.90. The minimum Gasteiger partial charge on any atom is -0.481 e. The number of hydrogen-bond acceptors (Lipinski definition) is 4. The van der Waals surface area contributed by atoms with Crippen LogP contribution in [0.5, 0.6) is 5.88 Å². The summed E-state index contributed by atoms with van der Waals surface area (Å²) in [7, 11) is 1.54. The van der Waals surface area contributed by atoms with Gasteiger partial charge in [0.15, 0.2) is 0 Å². The van der Waals surface area contributed by atoms with E-state index in [9.17, 15) is 9.18 Å². The van der Waals surface area contributed by atoms with Crippen LogP contribution >= 0.6 is 0 Å². The fourth-order valence-electron chi connectivity index (χ4n) is 2.85. The average molecular weight is 379 g/mol. The second-order valence-electron chi connectivity index (χ2n) is 6.57. The van der Waals surface area contributed by atoms with Crippen LogP contribution in [0.3, 0.4) is 0 Å². The molecule has 0 saturated carbocycles. The Bertz CT molecular complexity index is 1030. The maximum Gasteiger partial charge on any atom is 0.257 e. The van der Waals surface area contributed by atoms with Crippen molar-refractivity contribution in [3.63, 3.8) is 0 Å². The van der Waals surface area contributed by atoms with Crippen molar-refractivity contribution in [2.45, 2.75) is 20.8 Å². The predicted octanol–water partition coefficient (Wildman–Crippen LogP) is 5.15. The maximum absolute atomic E-state index is 13.4. The zero-order chi connectivity index (χ0) is 20.3. The highest BCUT2D eigenvalue weighted by Crippen LogP contribution is 2.26. The zero-order valence-corrected chi connectivity index (χ0v) is 16.3. The van der Waals surface area contributed by atoms with Gasteiger partial charge in [0.2, 0.25) is 5.88 Å². The predicted molar refractivity (Wildman–Crippen MR) is 109 cm³/mol. The molecule has 28 heavy (non-hydrogen) atoms. The summed E-state index contributed by atoms with van der Waals surface area (Å²) in [6, 6.07) is 13.5. The molecule has 1 aromatic heterocycles. The first-order valence-corrected chi connectivity index (χ1v) is 8.84. The van der Waals surface area contributed by atoms with E-state index in [1.807, 2.05) is 26.0 Å². The highest BCUT2D eigenvalue weighted by atomic mass is 19.1. The SMILES string of the molecule is COc1ccc(NC(=O)c2ccc(C)cc2Nc2ccc(F)cc2C)c(C)n1. The molecule has 0 spiro atoms. The van der Waals surface area contributed by atoms with Crippen LogP contribution in [0.2, 0.25) is 0 Å². The molecule has 1 amide bonds. The molecule has 0 unspecified atom stereocenters. The van der Waals surface area contributed by atoms with Crippen LogP contribution in [-0.4, -0.2) is 18.0 Å². The van der Waals surface area contributed by atoms with E-state index in [-0.39, 0.29) is 11.7 Å². The third kappa shape index (κ3) is 4.28. The number of anilines is 3. The molecule has 0 saturated heterocycles. The fourth-order valence-corrected chi connectivity index (χ4v) is 2.85. The number of nitrogens with zero attached hydrogens (tertiary/aromatic N) is 1. The fraction of sp³-hybridized carbons (Fsp3) is 0.182. The van der Waals surface area contributed by atoms with Crippen LogP contribution in [0.25, 0.3) is 0 Å². The zero-order valence-electron chi connectivity index (χ0n) is 16.3. The summed E-state index contributed by atoms with van der Waals surface area (Å²) < 4.78 is 18.5. The molecule has 0 bridgehead atoms. The van der Waals surface area contributed by atoms with Crippen LogP contribution in [0.4, 0.5) is 21.5 Å². The summed E-state index contributed by atoms with van der Waals surface area (Å²) in [6.07, 6.45) is 0. The van der Waals surface area contributed by atoms with Gasteiger partial charge in [-0.1, -0.05) is 6.07 Å². The average Bonchev–Trinajstić information content (AvgIpc) is 2.65. The number of nitrogens with one attached hydrogen (secondary N) is 2. The summed E-state index contributed by atoms with van der Waals surface area (Å²) in [6.45, 7) is 5.56. The summed E-state index contributed by atoms with van der Waals surface area (Å²) in [5, 5.41) is 6.14. The molecule has 0 aliphatic heterocycles. The maximum atomic E-state index is 13.4. The van der Waals surface area contributed by atoms with E-state index < -0.39 is 0 Å². The number of methoxy groups -OCH3 is 1. The summed E-state index contributed by atoms with van der Waals surface area (Å²) in [4.78, 5) is 17.2. The minimum atomic E-state index is -0.298. The second-order valence-corrected chi connectivity index (χ2v) is 6.57. The van der Waals surface area contributed by atoms with Gasteiger partial charge in [-0.25, -0.2) is 9.37 Å². The Labute approximate surface area is 163 Å². The van der Waals surface area contributed by atoms with Gasteiger partial charge in [-0.15, -0.1) is 0 Å². The quantitative estimate of drug-likeness (QED) is 0.643. The third-order valence-electron chi connectivity index (χ3n) is 4.40. The molecule has 0 aliphatic rings. The van der Waals surface area contributed by atoms with E-state index in [2.05, 4.69) is 15.6 Å². The van der Waals surface area contributed by atoms with E-state index in [0.29, 0.717) is 28.5 Å². The van der Waals surface area contributed by atoms with Crippen molar-refractivity contribution in [3.05, 3.63) is 76.7 Å². The Morgan fingerprint density at radius 1 is 0.964 bits per heavy atom. The van der Waals surface area contributed by atoms with E-state index in [1.54, 1.807) is 38.3 Å². The Hall–Kier alpha value is -3.41. The van der Waals surface area contributed by atoms with Gasteiger partial charge in [0, 0.05) is 11.8 Å². The van der Waals surface area contributed by atoms with Gasteiger partial charge in [0.05, 0.1) is 29.7 Å². The molecule has 144 valence electrons. The molecule has 0 aliphatic carbocycles. The van der Waals surface area contributed by atoms with Crippen molar-refractivity contribution in [2.24, 2.45) is 0 Å². The van der Waals surface area contributed by atoms with Crippen molar-refractivity contribution in [1.29, 1.82) is 0 Å². The lowest BCUT2D eigenvalue weighted by Crippen LogP contribution is -2.15. The molecule has 2 N–H and O–H groups in total. The number of amides is 1. The number of hydrogen-bond donors (Lipinski definition) is 2. The smallest absolute Gasteiger partial charge is 0.257 e. The lowest BCUT2D eigenvalue weighted by atomic mass is 10.1. The number of benzene rings is 2. The first-order chi connectivity index (χ1) is 13.4. The van der Waals surface area contributed by atoms with Crippen molar-refractivity contribution in [1.82, 2.24) is 4.98 Å². The highest BCUT2D eigenvalue weighted by molar-refractivity contribution is 6.08. The molecule has 3 aromatic rings. The largest absolute Gasteiger partial charge is 0.481 e. The summed E-state index contributed by atoms with van der Waals surface area (Å²) in [5.74, 6) is -0.0787. The molecule has 6 heteroatoms. The van der Waals surface area contributed by atoms with Crippen molar-refractivity contribution >= 4 is 23.0 Å². The van der Waals surface area contributed by atoms with Crippen molar-refractivity contribution < 1.29 is 13.9 Å². The van der Waals surface area contributed by atoms with Crippen LogP contribution in [-0.2, 0) is 0 Å². The van der Waals surface area contributed by atoms with Gasteiger partial charge < -0.3 is 15.4 Å². The van der Waals surface area contributed by atoms with Crippen LogP contribution in [0.15, 0.2) is 48.5 Å². The Morgan fingerprint density at radius 2 is 1.71 bits per heavy atom. The molecule has 0 radical (unpaired) electrons. The van der Waals surface area contributed by atoms with E-state index in [4.69, 9.17) is 4.74 Å². The first kappa shape index (κ1) is 19.4. The van der Waals surface area contributed by atoms with Crippen LogP contribution < -0.4 is 15.4 Å². The molecule has 0 fully saturated rings. The highest BCUT2D eigenvalue weighted by Gasteiger charge is 2.15. The van der Waals surface area contributed by atoms with Gasteiger partial charge in [-0.2, -0.15) is 0 Å². The number of aromatic nitrogens is 1. The molecule has 1 heterocycles. The second kappa shape index (κ2) is 8.08. The molecule has 0 atom stereocenters. The van der Waals surface area contributed by atoms with E-state index >= 15 is 0 Å². The van der Waals surface area contributed by atoms with Gasteiger partial charge in [0.25, 0.3) is 5.91 Å². The normalized spacial score (nSPS) is 10.5. The van der Waals surface area contributed by atoms with E-state index in [0.717, 1.165) is 16.8 Å². The third-order valence-corrected chi connectivity index (χ3v) is 4.40. The number of ether oxygens (including phenoxy) is 1. The van der Waals surface area contributed by atoms with Crippen molar-refractivity contribution in [2.75, 3.05) is 17.7 Å². The molecular formula is C22H22FN3O2. The number of rotatable bonds is 5. The topological polar surface area (TPSA) is 63.2 Å².